The molecule has 0 aliphatic carbocycles. The van der Waals surface area contributed by atoms with Crippen molar-refractivity contribution < 1.29 is 24.2 Å². The SMILES string of the molecule is CC1CN(C(=O)COC(=O)c2ccc(O)cc2)CCO1. The average Bonchev–Trinajstić information content (AvgIpc) is 2.45. The van der Waals surface area contributed by atoms with Crippen molar-refractivity contribution in [1.29, 1.82) is 0 Å². The van der Waals surface area contributed by atoms with Crippen molar-refractivity contribution in [2.75, 3.05) is 26.3 Å². The summed E-state index contributed by atoms with van der Waals surface area (Å²) in [5, 5.41) is 9.13. The summed E-state index contributed by atoms with van der Waals surface area (Å²) in [6.45, 7) is 3.13. The summed E-state index contributed by atoms with van der Waals surface area (Å²) >= 11 is 0. The molecule has 6 nitrogen and oxygen atoms in total. The van der Waals surface area contributed by atoms with Gasteiger partial charge in [0.05, 0.1) is 18.3 Å². The normalized spacial score (nSPS) is 18.6. The highest BCUT2D eigenvalue weighted by molar-refractivity contribution is 5.91. The Kier molecular flexibility index (Phi) is 4.57. The Morgan fingerprint density at radius 3 is 2.75 bits per heavy atom. The number of morpholine rings is 1. The fraction of sp³-hybridized carbons (Fsp3) is 0.429. The minimum atomic E-state index is -0.584. The first-order valence-corrected chi connectivity index (χ1v) is 6.42. The Labute approximate surface area is 116 Å². The molecule has 1 atom stereocenters. The third-order valence-electron chi connectivity index (χ3n) is 3.02. The Morgan fingerprint density at radius 1 is 1.40 bits per heavy atom. The molecule has 2 rings (SSSR count). The van der Waals surface area contributed by atoms with E-state index in [4.69, 9.17) is 14.6 Å². The van der Waals surface area contributed by atoms with E-state index in [0.717, 1.165) is 0 Å². The van der Waals surface area contributed by atoms with Crippen LogP contribution in [0.4, 0.5) is 0 Å². The van der Waals surface area contributed by atoms with Crippen molar-refractivity contribution in [3.05, 3.63) is 29.8 Å². The van der Waals surface area contributed by atoms with Crippen LogP contribution in [0.15, 0.2) is 24.3 Å². The number of carbonyl (C=O) groups is 2. The molecule has 6 heteroatoms. The molecule has 1 aliphatic rings. The number of hydrogen-bond donors (Lipinski definition) is 1. The van der Waals surface area contributed by atoms with Crippen LogP contribution in [0.3, 0.4) is 0 Å². The number of phenols is 1. The van der Waals surface area contributed by atoms with Crippen LogP contribution in [0.1, 0.15) is 17.3 Å². The topological polar surface area (TPSA) is 76.1 Å². The number of hydrogen-bond acceptors (Lipinski definition) is 5. The molecule has 1 aliphatic heterocycles. The average molecular weight is 279 g/mol. The van der Waals surface area contributed by atoms with Gasteiger partial charge in [-0.3, -0.25) is 4.79 Å². The highest BCUT2D eigenvalue weighted by Crippen LogP contribution is 2.11. The van der Waals surface area contributed by atoms with E-state index in [2.05, 4.69) is 0 Å². The van der Waals surface area contributed by atoms with Crippen LogP contribution >= 0.6 is 0 Å². The van der Waals surface area contributed by atoms with Crippen molar-refractivity contribution in [3.63, 3.8) is 0 Å². The third-order valence-corrected chi connectivity index (χ3v) is 3.02. The molecule has 1 heterocycles. The summed E-state index contributed by atoms with van der Waals surface area (Å²) in [5.74, 6) is -0.744. The molecule has 0 spiro atoms. The number of nitrogens with zero attached hydrogens (tertiary/aromatic N) is 1. The zero-order valence-corrected chi connectivity index (χ0v) is 11.2. The molecular weight excluding hydrogens is 262 g/mol. The Bertz CT molecular complexity index is 485. The monoisotopic (exact) mass is 279 g/mol. The van der Waals surface area contributed by atoms with Gasteiger partial charge >= 0.3 is 5.97 Å². The molecule has 0 radical (unpaired) electrons. The largest absolute Gasteiger partial charge is 0.508 e. The fourth-order valence-corrected chi connectivity index (χ4v) is 1.94. The first kappa shape index (κ1) is 14.3. The number of phenolic OH excluding ortho intramolecular Hbond substituents is 1. The predicted octanol–water partition coefficient (Wildman–Crippen LogP) is 0.796. The van der Waals surface area contributed by atoms with Gasteiger partial charge in [0.2, 0.25) is 0 Å². The van der Waals surface area contributed by atoms with Gasteiger partial charge in [-0.2, -0.15) is 0 Å². The lowest BCUT2D eigenvalue weighted by Gasteiger charge is -2.30. The molecule has 1 fully saturated rings. The number of esters is 1. The molecule has 1 aromatic carbocycles. The summed E-state index contributed by atoms with van der Waals surface area (Å²) in [5.41, 5.74) is 0.297. The van der Waals surface area contributed by atoms with Crippen LogP contribution < -0.4 is 0 Å². The summed E-state index contributed by atoms with van der Waals surface area (Å²) in [4.78, 5) is 25.2. The van der Waals surface area contributed by atoms with E-state index in [1.165, 1.54) is 24.3 Å². The first-order valence-electron chi connectivity index (χ1n) is 6.42. The van der Waals surface area contributed by atoms with E-state index in [1.54, 1.807) is 4.90 Å². The van der Waals surface area contributed by atoms with Gasteiger partial charge in [-0.15, -0.1) is 0 Å². The second kappa shape index (κ2) is 6.38. The van der Waals surface area contributed by atoms with E-state index in [0.29, 0.717) is 25.3 Å². The van der Waals surface area contributed by atoms with E-state index in [-0.39, 0.29) is 24.4 Å². The number of rotatable bonds is 3. The van der Waals surface area contributed by atoms with E-state index < -0.39 is 5.97 Å². The molecule has 20 heavy (non-hydrogen) atoms. The van der Waals surface area contributed by atoms with Crippen molar-refractivity contribution in [2.24, 2.45) is 0 Å². The highest BCUT2D eigenvalue weighted by atomic mass is 16.5. The molecule has 108 valence electrons. The Balaban J connectivity index is 1.83. The Hall–Kier alpha value is -2.08. The van der Waals surface area contributed by atoms with Gasteiger partial charge in [-0.05, 0) is 31.2 Å². The maximum atomic E-state index is 11.9. The molecule has 1 amide bonds. The van der Waals surface area contributed by atoms with E-state index in [9.17, 15) is 9.59 Å². The van der Waals surface area contributed by atoms with Gasteiger partial charge in [0.25, 0.3) is 5.91 Å². The van der Waals surface area contributed by atoms with Crippen molar-refractivity contribution in [2.45, 2.75) is 13.0 Å². The molecule has 0 aromatic heterocycles. The van der Waals surface area contributed by atoms with Gasteiger partial charge in [0.1, 0.15) is 5.75 Å². The molecule has 1 N–H and O–H groups in total. The van der Waals surface area contributed by atoms with E-state index >= 15 is 0 Å². The maximum absolute atomic E-state index is 11.9. The van der Waals surface area contributed by atoms with Crippen molar-refractivity contribution in [3.8, 4) is 5.75 Å². The zero-order chi connectivity index (χ0) is 14.5. The molecule has 1 saturated heterocycles. The summed E-state index contributed by atoms with van der Waals surface area (Å²) in [6.07, 6.45) is 0.000463. The maximum Gasteiger partial charge on any atom is 0.338 e. The lowest BCUT2D eigenvalue weighted by Crippen LogP contribution is -2.46. The lowest BCUT2D eigenvalue weighted by molar-refractivity contribution is -0.141. The number of amides is 1. The number of carbonyl (C=O) groups excluding carboxylic acids is 2. The lowest BCUT2D eigenvalue weighted by atomic mass is 10.2. The zero-order valence-electron chi connectivity index (χ0n) is 11.2. The highest BCUT2D eigenvalue weighted by Gasteiger charge is 2.22. The van der Waals surface area contributed by atoms with Crippen LogP contribution in [-0.4, -0.2) is 54.3 Å². The molecule has 0 bridgehead atoms. The number of ether oxygens (including phenoxy) is 2. The van der Waals surface area contributed by atoms with Gasteiger partial charge < -0.3 is 19.5 Å². The number of benzene rings is 1. The van der Waals surface area contributed by atoms with Crippen LogP contribution in [0, 0.1) is 0 Å². The molecule has 1 aromatic rings. The van der Waals surface area contributed by atoms with Crippen molar-refractivity contribution in [1.82, 2.24) is 4.90 Å². The van der Waals surface area contributed by atoms with Gasteiger partial charge in [-0.25, -0.2) is 4.79 Å². The van der Waals surface area contributed by atoms with Crippen LogP contribution in [0.25, 0.3) is 0 Å². The smallest absolute Gasteiger partial charge is 0.338 e. The summed E-state index contributed by atoms with van der Waals surface area (Å²) in [6, 6.07) is 5.67. The van der Waals surface area contributed by atoms with Crippen LogP contribution in [0.5, 0.6) is 5.75 Å². The minimum Gasteiger partial charge on any atom is -0.508 e. The van der Waals surface area contributed by atoms with Gasteiger partial charge in [-0.1, -0.05) is 0 Å². The van der Waals surface area contributed by atoms with Crippen LogP contribution in [-0.2, 0) is 14.3 Å². The first-order chi connectivity index (χ1) is 9.56. The molecule has 0 saturated carbocycles. The van der Waals surface area contributed by atoms with Gasteiger partial charge in [0.15, 0.2) is 6.61 Å². The van der Waals surface area contributed by atoms with E-state index in [1.807, 2.05) is 6.92 Å². The summed E-state index contributed by atoms with van der Waals surface area (Å²) in [7, 11) is 0. The summed E-state index contributed by atoms with van der Waals surface area (Å²) < 4.78 is 10.3. The standard InChI is InChI=1S/C14H17NO5/c1-10-8-15(6-7-19-10)13(17)9-20-14(18)11-2-4-12(16)5-3-11/h2-5,10,16H,6-9H2,1H3. The second-order valence-electron chi connectivity index (χ2n) is 4.64. The number of aromatic hydroxyl groups is 1. The quantitative estimate of drug-likeness (QED) is 0.828. The van der Waals surface area contributed by atoms with Crippen molar-refractivity contribution >= 4 is 11.9 Å². The third kappa shape index (κ3) is 3.71. The fourth-order valence-electron chi connectivity index (χ4n) is 1.94. The predicted molar refractivity (Wildman–Crippen MR) is 70.4 cm³/mol. The Morgan fingerprint density at radius 2 is 2.10 bits per heavy atom. The molecule has 1 unspecified atom stereocenters. The second-order valence-corrected chi connectivity index (χ2v) is 4.64. The minimum absolute atomic E-state index is 0.000463. The molecular formula is C14H17NO5. The van der Waals surface area contributed by atoms with Gasteiger partial charge in [0, 0.05) is 13.1 Å². The van der Waals surface area contributed by atoms with Crippen LogP contribution in [0.2, 0.25) is 0 Å².